The van der Waals surface area contributed by atoms with Crippen molar-refractivity contribution < 1.29 is 13.0 Å². The molecule has 3 rings (SSSR count). The summed E-state index contributed by atoms with van der Waals surface area (Å²) in [6, 6.07) is 10.1. The van der Waals surface area contributed by atoms with Crippen LogP contribution in [-0.4, -0.2) is 38.6 Å². The van der Waals surface area contributed by atoms with Crippen molar-refractivity contribution in [3.05, 3.63) is 36.4 Å². The predicted octanol–water partition coefficient (Wildman–Crippen LogP) is 1.56. The number of hydrogen-bond acceptors (Lipinski definition) is 6. The van der Waals surface area contributed by atoms with Gasteiger partial charge in [0.05, 0.1) is 11.4 Å². The number of hydrogen-bond donors (Lipinski definition) is 4. The van der Waals surface area contributed by atoms with Crippen LogP contribution in [0.1, 0.15) is 6.92 Å². The van der Waals surface area contributed by atoms with E-state index in [-0.39, 0.29) is 10.9 Å². The summed E-state index contributed by atoms with van der Waals surface area (Å²) >= 11 is 0. The first kappa shape index (κ1) is 17.5. The van der Waals surface area contributed by atoms with Crippen molar-refractivity contribution in [1.82, 2.24) is 5.32 Å². The molecule has 2 aromatic carbocycles. The van der Waals surface area contributed by atoms with Crippen LogP contribution in [0.3, 0.4) is 0 Å². The quantitative estimate of drug-likeness (QED) is 0.483. The number of nitrogen functional groups attached to an aromatic ring is 2. The van der Waals surface area contributed by atoms with Gasteiger partial charge >= 0.3 is 0 Å². The molecule has 1 atom stereocenters. The fraction of sp³-hybridized carbons (Fsp3) is 0.294. The molecule has 8 heteroatoms. The Kier molecular flexibility index (Phi) is 4.59. The van der Waals surface area contributed by atoms with E-state index >= 15 is 0 Å². The van der Waals surface area contributed by atoms with Crippen LogP contribution in [0.15, 0.2) is 41.3 Å². The Balaban J connectivity index is 2.19. The monoisotopic (exact) mass is 362 g/mol. The Hall–Kier alpha value is -2.29. The van der Waals surface area contributed by atoms with Crippen molar-refractivity contribution in [3.63, 3.8) is 0 Å². The maximum atomic E-state index is 11.8. The minimum atomic E-state index is -4.42. The molecule has 0 bridgehead atoms. The SMILES string of the molecule is CC1CNCCN1c1cc(-c2ccc(N)cc2)c(S(=O)(=O)O)cc1N. The van der Waals surface area contributed by atoms with E-state index in [4.69, 9.17) is 11.5 Å². The van der Waals surface area contributed by atoms with Gasteiger partial charge in [-0.05, 0) is 36.8 Å². The van der Waals surface area contributed by atoms with Crippen molar-refractivity contribution in [2.45, 2.75) is 17.9 Å². The molecule has 25 heavy (non-hydrogen) atoms. The molecule has 0 aliphatic carbocycles. The lowest BCUT2D eigenvalue weighted by Gasteiger charge is -2.37. The fourth-order valence-corrected chi connectivity index (χ4v) is 3.86. The Morgan fingerprint density at radius 2 is 1.88 bits per heavy atom. The summed E-state index contributed by atoms with van der Waals surface area (Å²) in [4.78, 5) is 1.93. The average Bonchev–Trinajstić information content (AvgIpc) is 2.55. The minimum absolute atomic E-state index is 0.207. The summed E-state index contributed by atoms with van der Waals surface area (Å²) in [7, 11) is -4.42. The largest absolute Gasteiger partial charge is 0.399 e. The highest BCUT2D eigenvalue weighted by atomic mass is 32.2. The molecule has 0 aromatic heterocycles. The maximum absolute atomic E-state index is 11.8. The minimum Gasteiger partial charge on any atom is -0.399 e. The van der Waals surface area contributed by atoms with Crippen LogP contribution in [0.5, 0.6) is 0 Å². The summed E-state index contributed by atoms with van der Waals surface area (Å²) in [5.41, 5.74) is 14.5. The molecule has 1 aliphatic rings. The molecule has 134 valence electrons. The molecular weight excluding hydrogens is 340 g/mol. The lowest BCUT2D eigenvalue weighted by molar-refractivity contribution is 0.483. The summed E-state index contributed by atoms with van der Waals surface area (Å²) in [6.45, 7) is 4.47. The summed E-state index contributed by atoms with van der Waals surface area (Å²) in [6.07, 6.45) is 0. The van der Waals surface area contributed by atoms with E-state index in [9.17, 15) is 13.0 Å². The number of benzene rings is 2. The number of nitrogens with zero attached hydrogens (tertiary/aromatic N) is 1. The number of nitrogens with two attached hydrogens (primary N) is 2. The van der Waals surface area contributed by atoms with Crippen LogP contribution in [0.2, 0.25) is 0 Å². The third-order valence-electron chi connectivity index (χ3n) is 4.44. The Morgan fingerprint density at radius 1 is 1.20 bits per heavy atom. The van der Waals surface area contributed by atoms with E-state index in [1.165, 1.54) is 6.07 Å². The summed E-state index contributed by atoms with van der Waals surface area (Å²) < 4.78 is 33.3. The summed E-state index contributed by atoms with van der Waals surface area (Å²) in [5, 5.41) is 3.31. The van der Waals surface area contributed by atoms with Gasteiger partial charge in [0.15, 0.2) is 0 Å². The molecule has 1 unspecified atom stereocenters. The van der Waals surface area contributed by atoms with Gasteiger partial charge in [-0.3, -0.25) is 4.55 Å². The number of anilines is 3. The first-order valence-corrected chi connectivity index (χ1v) is 9.45. The number of nitrogens with one attached hydrogen (secondary N) is 1. The molecule has 0 saturated carbocycles. The van der Waals surface area contributed by atoms with Gasteiger partial charge in [-0.15, -0.1) is 0 Å². The van der Waals surface area contributed by atoms with Crippen LogP contribution in [0.4, 0.5) is 17.1 Å². The zero-order chi connectivity index (χ0) is 18.2. The molecule has 1 heterocycles. The van der Waals surface area contributed by atoms with Gasteiger partial charge in [-0.2, -0.15) is 8.42 Å². The van der Waals surface area contributed by atoms with E-state index in [1.54, 1.807) is 30.3 Å². The van der Waals surface area contributed by atoms with Gasteiger partial charge in [-0.1, -0.05) is 12.1 Å². The molecule has 1 aliphatic heterocycles. The molecule has 7 nitrogen and oxygen atoms in total. The van der Waals surface area contributed by atoms with Gasteiger partial charge in [0, 0.05) is 36.9 Å². The van der Waals surface area contributed by atoms with Crippen molar-refractivity contribution in [1.29, 1.82) is 0 Å². The van der Waals surface area contributed by atoms with Crippen LogP contribution < -0.4 is 21.7 Å². The van der Waals surface area contributed by atoms with E-state index in [1.807, 2.05) is 0 Å². The zero-order valence-corrected chi connectivity index (χ0v) is 14.8. The van der Waals surface area contributed by atoms with Crippen LogP contribution in [0.25, 0.3) is 11.1 Å². The third-order valence-corrected chi connectivity index (χ3v) is 5.33. The van der Waals surface area contributed by atoms with Gasteiger partial charge in [0.2, 0.25) is 0 Å². The molecule has 2 aromatic rings. The average molecular weight is 362 g/mol. The molecule has 1 fully saturated rings. The van der Waals surface area contributed by atoms with E-state index in [0.29, 0.717) is 22.5 Å². The van der Waals surface area contributed by atoms with E-state index in [0.717, 1.165) is 25.3 Å². The van der Waals surface area contributed by atoms with Crippen molar-refractivity contribution >= 4 is 27.2 Å². The smallest absolute Gasteiger partial charge is 0.295 e. The molecule has 6 N–H and O–H groups in total. The van der Waals surface area contributed by atoms with E-state index < -0.39 is 10.1 Å². The molecule has 1 saturated heterocycles. The van der Waals surface area contributed by atoms with Crippen LogP contribution >= 0.6 is 0 Å². The lowest BCUT2D eigenvalue weighted by Crippen LogP contribution is -2.50. The highest BCUT2D eigenvalue weighted by Crippen LogP contribution is 2.37. The molecule has 0 radical (unpaired) electrons. The third kappa shape index (κ3) is 3.55. The standard InChI is InChI=1S/C17H22N4O3S/c1-11-10-20-6-7-21(11)16-8-14(12-2-4-13(18)5-3-12)17(9-15(16)19)25(22,23)24/h2-5,8-9,11,20H,6-7,10,18-19H2,1H3,(H,22,23,24). The fourth-order valence-electron chi connectivity index (χ4n) is 3.13. The van der Waals surface area contributed by atoms with Gasteiger partial charge < -0.3 is 21.7 Å². The van der Waals surface area contributed by atoms with Crippen LogP contribution in [0, 0.1) is 0 Å². The lowest BCUT2D eigenvalue weighted by atomic mass is 10.0. The van der Waals surface area contributed by atoms with Crippen LogP contribution in [-0.2, 0) is 10.1 Å². The van der Waals surface area contributed by atoms with E-state index in [2.05, 4.69) is 17.1 Å². The topological polar surface area (TPSA) is 122 Å². The zero-order valence-electron chi connectivity index (χ0n) is 13.9. The Morgan fingerprint density at radius 3 is 2.48 bits per heavy atom. The van der Waals surface area contributed by atoms with Gasteiger partial charge in [0.1, 0.15) is 4.90 Å². The maximum Gasteiger partial charge on any atom is 0.295 e. The Labute approximate surface area is 147 Å². The predicted molar refractivity (Wildman–Crippen MR) is 100 cm³/mol. The first-order chi connectivity index (χ1) is 11.8. The number of piperazine rings is 1. The van der Waals surface area contributed by atoms with Gasteiger partial charge in [-0.25, -0.2) is 0 Å². The normalized spacial score (nSPS) is 18.3. The first-order valence-electron chi connectivity index (χ1n) is 8.01. The van der Waals surface area contributed by atoms with Crippen molar-refractivity contribution in [2.24, 2.45) is 0 Å². The van der Waals surface area contributed by atoms with Crippen molar-refractivity contribution in [3.8, 4) is 11.1 Å². The number of rotatable bonds is 3. The highest BCUT2D eigenvalue weighted by molar-refractivity contribution is 7.86. The molecule has 0 amide bonds. The van der Waals surface area contributed by atoms with Gasteiger partial charge in [0.25, 0.3) is 10.1 Å². The second-order valence-electron chi connectivity index (χ2n) is 6.25. The second-order valence-corrected chi connectivity index (χ2v) is 7.64. The highest BCUT2D eigenvalue weighted by Gasteiger charge is 2.25. The molecular formula is C17H22N4O3S. The second kappa shape index (κ2) is 6.55. The Bertz CT molecular complexity index is 882. The summed E-state index contributed by atoms with van der Waals surface area (Å²) in [5.74, 6) is 0. The van der Waals surface area contributed by atoms with Crippen molar-refractivity contribution in [2.75, 3.05) is 36.0 Å². The molecule has 0 spiro atoms.